The predicted molar refractivity (Wildman–Crippen MR) is 113 cm³/mol. The highest BCUT2D eigenvalue weighted by Crippen LogP contribution is 2.42. The predicted octanol–water partition coefficient (Wildman–Crippen LogP) is 4.65. The third kappa shape index (κ3) is 3.58. The molecule has 1 atom stereocenters. The van der Waals surface area contributed by atoms with Gasteiger partial charge in [0.05, 0.1) is 23.4 Å². The lowest BCUT2D eigenvalue weighted by atomic mass is 9.98. The second kappa shape index (κ2) is 8.39. The number of Topliss-reactive ketones (excluding diaryl/α,β-unsaturated/α-hetero) is 1. The van der Waals surface area contributed by atoms with Gasteiger partial charge in [-0.1, -0.05) is 17.7 Å². The average molecular weight is 457 g/mol. The topological polar surface area (TPSA) is 79.7 Å². The number of benzene rings is 2. The number of halogens is 3. The molecule has 1 fully saturated rings. The summed E-state index contributed by atoms with van der Waals surface area (Å²) in [5.41, 5.74) is 0.0887. The van der Waals surface area contributed by atoms with Gasteiger partial charge in [0.1, 0.15) is 17.6 Å². The normalized spacial score (nSPS) is 17.6. The van der Waals surface area contributed by atoms with Crippen molar-refractivity contribution >= 4 is 34.7 Å². The second-order valence-electron chi connectivity index (χ2n) is 6.87. The first kappa shape index (κ1) is 21.5. The molecule has 0 bridgehead atoms. The lowest BCUT2D eigenvalue weighted by molar-refractivity contribution is -0.132. The third-order valence-corrected chi connectivity index (χ3v) is 5.31. The van der Waals surface area contributed by atoms with E-state index in [0.717, 1.165) is 17.0 Å². The van der Waals surface area contributed by atoms with Crippen LogP contribution in [0.3, 0.4) is 0 Å². The smallest absolute Gasteiger partial charge is 0.300 e. The van der Waals surface area contributed by atoms with Crippen LogP contribution in [0.15, 0.2) is 66.4 Å². The van der Waals surface area contributed by atoms with E-state index < -0.39 is 35.1 Å². The number of carbonyl (C=O) groups excluding carboxylic acids is 2. The number of nitrogens with zero attached hydrogens (tertiary/aromatic N) is 2. The summed E-state index contributed by atoms with van der Waals surface area (Å²) < 4.78 is 32.5. The van der Waals surface area contributed by atoms with Crippen LogP contribution in [0.1, 0.15) is 17.3 Å². The number of ketones is 1. The number of ether oxygens (including phenoxy) is 1. The summed E-state index contributed by atoms with van der Waals surface area (Å²) in [7, 11) is 1.43. The number of aliphatic hydroxyl groups excluding tert-OH is 1. The fourth-order valence-corrected chi connectivity index (χ4v) is 3.78. The van der Waals surface area contributed by atoms with Crippen molar-refractivity contribution in [3.05, 3.63) is 94.3 Å². The highest BCUT2D eigenvalue weighted by atomic mass is 35.5. The van der Waals surface area contributed by atoms with Gasteiger partial charge in [0, 0.05) is 23.5 Å². The third-order valence-electron chi connectivity index (χ3n) is 5.02. The van der Waals surface area contributed by atoms with Crippen molar-refractivity contribution < 1.29 is 28.2 Å². The first-order valence-corrected chi connectivity index (χ1v) is 9.72. The van der Waals surface area contributed by atoms with Crippen molar-refractivity contribution in [2.75, 3.05) is 12.0 Å². The Labute approximate surface area is 186 Å². The van der Waals surface area contributed by atoms with Crippen LogP contribution >= 0.6 is 11.6 Å². The molecule has 0 spiro atoms. The molecule has 0 saturated carbocycles. The van der Waals surface area contributed by atoms with Crippen LogP contribution in [0.5, 0.6) is 5.75 Å². The van der Waals surface area contributed by atoms with E-state index in [2.05, 4.69) is 4.98 Å². The van der Waals surface area contributed by atoms with Crippen LogP contribution in [0, 0.1) is 11.6 Å². The molecule has 2 heterocycles. The van der Waals surface area contributed by atoms with Gasteiger partial charge in [-0.05, 0) is 42.5 Å². The summed E-state index contributed by atoms with van der Waals surface area (Å²) in [6.45, 7) is 0. The number of aliphatic hydroxyl groups is 1. The van der Waals surface area contributed by atoms with E-state index in [4.69, 9.17) is 16.3 Å². The quantitative estimate of drug-likeness (QED) is 0.351. The van der Waals surface area contributed by atoms with Crippen molar-refractivity contribution in [1.29, 1.82) is 0 Å². The maximum absolute atomic E-state index is 13.9. The van der Waals surface area contributed by atoms with Crippen molar-refractivity contribution in [2.45, 2.75) is 6.04 Å². The zero-order valence-corrected chi connectivity index (χ0v) is 17.3. The number of hydrogen-bond donors (Lipinski definition) is 1. The van der Waals surface area contributed by atoms with E-state index in [9.17, 15) is 23.5 Å². The fraction of sp³-hybridized carbons (Fsp3) is 0.0870. The molecule has 0 aliphatic carbocycles. The summed E-state index contributed by atoms with van der Waals surface area (Å²) in [5, 5.41) is 11.2. The fourth-order valence-electron chi connectivity index (χ4n) is 3.52. The van der Waals surface area contributed by atoms with E-state index in [1.165, 1.54) is 37.6 Å². The maximum atomic E-state index is 13.9. The lowest BCUT2D eigenvalue weighted by Crippen LogP contribution is -2.30. The number of pyridine rings is 1. The summed E-state index contributed by atoms with van der Waals surface area (Å²) >= 11 is 6.15. The second-order valence-corrected chi connectivity index (χ2v) is 7.28. The van der Waals surface area contributed by atoms with Crippen LogP contribution < -0.4 is 9.64 Å². The molecule has 3 aromatic rings. The number of aromatic nitrogens is 1. The largest absolute Gasteiger partial charge is 0.507 e. The molecule has 1 amide bonds. The molecule has 1 aromatic heterocycles. The molecule has 162 valence electrons. The molecule has 1 unspecified atom stereocenters. The molecule has 1 saturated heterocycles. The molecular formula is C23H15ClF2N2O4. The van der Waals surface area contributed by atoms with Gasteiger partial charge in [-0.3, -0.25) is 19.5 Å². The van der Waals surface area contributed by atoms with Gasteiger partial charge < -0.3 is 9.84 Å². The van der Waals surface area contributed by atoms with Gasteiger partial charge in [-0.2, -0.15) is 0 Å². The van der Waals surface area contributed by atoms with Gasteiger partial charge in [0.15, 0.2) is 11.6 Å². The molecule has 6 nitrogen and oxygen atoms in total. The maximum Gasteiger partial charge on any atom is 0.300 e. The number of anilines is 1. The van der Waals surface area contributed by atoms with Gasteiger partial charge in [-0.15, -0.1) is 0 Å². The lowest BCUT2D eigenvalue weighted by Gasteiger charge is -2.24. The van der Waals surface area contributed by atoms with Crippen molar-refractivity contribution in [3.8, 4) is 5.75 Å². The summed E-state index contributed by atoms with van der Waals surface area (Å²) in [6.07, 6.45) is 1.45. The Bertz CT molecular complexity index is 1260. The SMILES string of the molecule is COc1ccc(/C(O)=C2\C(=O)C(=O)N(c3ccc(F)c(F)c3)C2c2ccccn2)cc1Cl. The van der Waals surface area contributed by atoms with Crippen LogP contribution in [-0.4, -0.2) is 28.9 Å². The molecular weight excluding hydrogens is 442 g/mol. The number of rotatable bonds is 4. The first-order valence-electron chi connectivity index (χ1n) is 9.34. The number of hydrogen-bond acceptors (Lipinski definition) is 5. The Morgan fingerprint density at radius 3 is 2.50 bits per heavy atom. The molecule has 1 N–H and O–H groups in total. The van der Waals surface area contributed by atoms with Crippen molar-refractivity contribution in [3.63, 3.8) is 0 Å². The summed E-state index contributed by atoms with van der Waals surface area (Å²) in [6, 6.07) is 10.8. The molecule has 32 heavy (non-hydrogen) atoms. The Morgan fingerprint density at radius 2 is 1.88 bits per heavy atom. The minimum Gasteiger partial charge on any atom is -0.507 e. The molecule has 0 radical (unpaired) electrons. The minimum absolute atomic E-state index is 0.0616. The zero-order chi connectivity index (χ0) is 23.0. The van der Waals surface area contributed by atoms with E-state index in [-0.39, 0.29) is 27.5 Å². The van der Waals surface area contributed by atoms with Crippen LogP contribution in [0.2, 0.25) is 5.02 Å². The number of methoxy groups -OCH3 is 1. The average Bonchev–Trinajstić information content (AvgIpc) is 3.06. The first-order chi connectivity index (χ1) is 15.3. The number of amides is 1. The van der Waals surface area contributed by atoms with Gasteiger partial charge >= 0.3 is 0 Å². The summed E-state index contributed by atoms with van der Waals surface area (Å²) in [5.74, 6) is -4.46. The van der Waals surface area contributed by atoms with Crippen molar-refractivity contribution in [2.24, 2.45) is 0 Å². The van der Waals surface area contributed by atoms with E-state index in [1.807, 2.05) is 0 Å². The Morgan fingerprint density at radius 1 is 1.09 bits per heavy atom. The monoisotopic (exact) mass is 456 g/mol. The van der Waals surface area contributed by atoms with Crippen LogP contribution in [-0.2, 0) is 9.59 Å². The van der Waals surface area contributed by atoms with Gasteiger partial charge in [0.2, 0.25) is 0 Å². The highest BCUT2D eigenvalue weighted by Gasteiger charge is 2.47. The Balaban J connectivity index is 1.94. The molecule has 9 heteroatoms. The zero-order valence-electron chi connectivity index (χ0n) is 16.6. The van der Waals surface area contributed by atoms with Crippen molar-refractivity contribution in [1.82, 2.24) is 4.98 Å². The molecule has 1 aliphatic rings. The van der Waals surface area contributed by atoms with E-state index >= 15 is 0 Å². The Hall–Kier alpha value is -3.78. The van der Waals surface area contributed by atoms with Crippen LogP contribution in [0.25, 0.3) is 5.76 Å². The summed E-state index contributed by atoms with van der Waals surface area (Å²) in [4.78, 5) is 31.1. The molecule has 4 rings (SSSR count). The van der Waals surface area contributed by atoms with Gasteiger partial charge in [-0.25, -0.2) is 8.78 Å². The number of carbonyl (C=O) groups is 2. The van der Waals surface area contributed by atoms with Crippen LogP contribution in [0.4, 0.5) is 14.5 Å². The highest BCUT2D eigenvalue weighted by molar-refractivity contribution is 6.51. The molecule has 2 aromatic carbocycles. The van der Waals surface area contributed by atoms with E-state index in [0.29, 0.717) is 5.75 Å². The minimum atomic E-state index is -1.19. The van der Waals surface area contributed by atoms with E-state index in [1.54, 1.807) is 18.2 Å². The standard InChI is InChI=1S/C23H15ClF2N2O4/c1-32-18-8-5-12(10-14(18)24)21(29)19-20(17-4-2-3-9-27-17)28(23(31)22(19)30)13-6-7-15(25)16(26)11-13/h2-11,20,29H,1H3/b21-19+. The molecule has 1 aliphatic heterocycles. The van der Waals surface area contributed by atoms with Gasteiger partial charge in [0.25, 0.3) is 11.7 Å². The Kier molecular flexibility index (Phi) is 5.63.